The molecule has 0 spiro atoms. The van der Waals surface area contributed by atoms with E-state index in [2.05, 4.69) is 53.5 Å². The van der Waals surface area contributed by atoms with Crippen LogP contribution in [-0.4, -0.2) is 31.6 Å². The second-order valence-electron chi connectivity index (χ2n) is 5.14. The molecule has 0 bridgehead atoms. The van der Waals surface area contributed by atoms with E-state index in [4.69, 9.17) is 4.74 Å². The smallest absolute Gasteiger partial charge is 0.132 e. The fraction of sp³-hybridized carbons (Fsp3) is 0.600. The molecule has 1 atom stereocenters. The first-order valence-electron chi connectivity index (χ1n) is 6.74. The average molecular weight is 359 g/mol. The molecule has 1 aliphatic rings. The van der Waals surface area contributed by atoms with Crippen LogP contribution in [-0.2, 0) is 6.42 Å². The monoisotopic (exact) mass is 359 g/mol. The van der Waals surface area contributed by atoms with Crippen molar-refractivity contribution >= 4 is 22.6 Å². The fourth-order valence-electron chi connectivity index (χ4n) is 2.82. The van der Waals surface area contributed by atoms with Crippen molar-refractivity contribution in [1.29, 1.82) is 0 Å². The SMILES string of the molecule is CCCN1CCc2cc(OC)c(I)cc2C(C)C1. The van der Waals surface area contributed by atoms with Crippen LogP contribution >= 0.6 is 22.6 Å². The normalized spacial score (nSPS) is 20.3. The molecule has 2 rings (SSSR count). The van der Waals surface area contributed by atoms with Crippen molar-refractivity contribution in [3.63, 3.8) is 0 Å². The van der Waals surface area contributed by atoms with E-state index in [1.165, 1.54) is 40.8 Å². The molecule has 1 unspecified atom stereocenters. The Morgan fingerprint density at radius 1 is 1.44 bits per heavy atom. The summed E-state index contributed by atoms with van der Waals surface area (Å²) in [6.45, 7) is 8.18. The molecule has 0 aliphatic carbocycles. The lowest BCUT2D eigenvalue weighted by molar-refractivity contribution is 0.273. The van der Waals surface area contributed by atoms with Gasteiger partial charge in [0.1, 0.15) is 5.75 Å². The lowest BCUT2D eigenvalue weighted by Crippen LogP contribution is -2.28. The maximum absolute atomic E-state index is 5.44. The van der Waals surface area contributed by atoms with E-state index in [0.717, 1.165) is 12.2 Å². The molecular weight excluding hydrogens is 337 g/mol. The van der Waals surface area contributed by atoms with E-state index in [1.807, 2.05) is 0 Å². The Kier molecular flexibility index (Phi) is 4.90. The van der Waals surface area contributed by atoms with Gasteiger partial charge in [-0.05, 0) is 71.2 Å². The van der Waals surface area contributed by atoms with Gasteiger partial charge in [0.15, 0.2) is 0 Å². The molecular formula is C15H22INO. The van der Waals surface area contributed by atoms with Gasteiger partial charge in [-0.15, -0.1) is 0 Å². The number of benzene rings is 1. The summed E-state index contributed by atoms with van der Waals surface area (Å²) >= 11 is 2.37. The zero-order valence-electron chi connectivity index (χ0n) is 11.5. The van der Waals surface area contributed by atoms with E-state index in [1.54, 1.807) is 7.11 Å². The van der Waals surface area contributed by atoms with Gasteiger partial charge in [-0.25, -0.2) is 0 Å². The van der Waals surface area contributed by atoms with Crippen LogP contribution in [0.4, 0.5) is 0 Å². The van der Waals surface area contributed by atoms with Crippen LogP contribution in [0.1, 0.15) is 37.3 Å². The Labute approximate surface area is 124 Å². The minimum atomic E-state index is 0.619. The summed E-state index contributed by atoms with van der Waals surface area (Å²) in [6, 6.07) is 4.55. The molecule has 1 aliphatic heterocycles. The lowest BCUT2D eigenvalue weighted by Gasteiger charge is -2.21. The highest BCUT2D eigenvalue weighted by atomic mass is 127. The predicted octanol–water partition coefficient (Wildman–Crippen LogP) is 3.67. The first-order chi connectivity index (χ1) is 8.65. The third-order valence-electron chi connectivity index (χ3n) is 3.71. The highest BCUT2D eigenvalue weighted by Gasteiger charge is 2.21. The second-order valence-corrected chi connectivity index (χ2v) is 6.30. The van der Waals surface area contributed by atoms with Crippen LogP contribution in [0, 0.1) is 3.57 Å². The third kappa shape index (κ3) is 2.99. The quantitative estimate of drug-likeness (QED) is 0.764. The molecule has 0 radical (unpaired) electrons. The summed E-state index contributed by atoms with van der Waals surface area (Å²) in [5.41, 5.74) is 2.98. The number of methoxy groups -OCH3 is 1. The number of hydrogen-bond acceptors (Lipinski definition) is 2. The van der Waals surface area contributed by atoms with Crippen LogP contribution in [0.5, 0.6) is 5.75 Å². The number of rotatable bonds is 3. The van der Waals surface area contributed by atoms with Gasteiger partial charge in [0.25, 0.3) is 0 Å². The topological polar surface area (TPSA) is 12.5 Å². The third-order valence-corrected chi connectivity index (χ3v) is 4.56. The summed E-state index contributed by atoms with van der Waals surface area (Å²) in [5.74, 6) is 1.64. The van der Waals surface area contributed by atoms with Gasteiger partial charge in [0.2, 0.25) is 0 Å². The second kappa shape index (κ2) is 6.24. The Morgan fingerprint density at radius 2 is 2.22 bits per heavy atom. The van der Waals surface area contributed by atoms with E-state index < -0.39 is 0 Å². The molecule has 18 heavy (non-hydrogen) atoms. The Balaban J connectivity index is 2.29. The molecule has 2 nitrogen and oxygen atoms in total. The Hall–Kier alpha value is -0.290. The van der Waals surface area contributed by atoms with Gasteiger partial charge in [-0.3, -0.25) is 0 Å². The fourth-order valence-corrected chi connectivity index (χ4v) is 3.53. The van der Waals surface area contributed by atoms with Gasteiger partial charge >= 0.3 is 0 Å². The molecule has 0 fully saturated rings. The first-order valence-corrected chi connectivity index (χ1v) is 7.82. The first kappa shape index (κ1) is 14.1. The van der Waals surface area contributed by atoms with Gasteiger partial charge in [0.05, 0.1) is 10.7 Å². The molecule has 3 heteroatoms. The van der Waals surface area contributed by atoms with Crippen molar-refractivity contribution in [3.8, 4) is 5.75 Å². The number of fused-ring (bicyclic) bond motifs is 1. The largest absolute Gasteiger partial charge is 0.496 e. The summed E-state index contributed by atoms with van der Waals surface area (Å²) in [6.07, 6.45) is 2.39. The maximum atomic E-state index is 5.44. The summed E-state index contributed by atoms with van der Waals surface area (Å²) in [4.78, 5) is 2.59. The Morgan fingerprint density at radius 3 is 2.89 bits per heavy atom. The van der Waals surface area contributed by atoms with Crippen molar-refractivity contribution in [2.75, 3.05) is 26.7 Å². The molecule has 1 heterocycles. The van der Waals surface area contributed by atoms with E-state index >= 15 is 0 Å². The molecule has 1 aromatic rings. The van der Waals surface area contributed by atoms with E-state index in [9.17, 15) is 0 Å². The van der Waals surface area contributed by atoms with Gasteiger partial charge in [-0.1, -0.05) is 13.8 Å². The maximum Gasteiger partial charge on any atom is 0.132 e. The van der Waals surface area contributed by atoms with Crippen molar-refractivity contribution in [1.82, 2.24) is 4.90 Å². The molecule has 0 N–H and O–H groups in total. The highest BCUT2D eigenvalue weighted by molar-refractivity contribution is 14.1. The van der Waals surface area contributed by atoms with Gasteiger partial charge in [-0.2, -0.15) is 0 Å². The number of nitrogens with zero attached hydrogens (tertiary/aromatic N) is 1. The van der Waals surface area contributed by atoms with Crippen molar-refractivity contribution in [3.05, 3.63) is 26.8 Å². The molecule has 0 amide bonds. The predicted molar refractivity (Wildman–Crippen MR) is 84.6 cm³/mol. The van der Waals surface area contributed by atoms with Crippen LogP contribution in [0.15, 0.2) is 12.1 Å². The Bertz CT molecular complexity index is 419. The summed E-state index contributed by atoms with van der Waals surface area (Å²) in [7, 11) is 1.76. The lowest BCUT2D eigenvalue weighted by atomic mass is 9.95. The highest BCUT2D eigenvalue weighted by Crippen LogP contribution is 2.32. The van der Waals surface area contributed by atoms with E-state index in [0.29, 0.717) is 5.92 Å². The number of halogens is 1. The molecule has 0 aromatic heterocycles. The number of hydrogen-bond donors (Lipinski definition) is 0. The van der Waals surface area contributed by atoms with Crippen LogP contribution in [0.25, 0.3) is 0 Å². The minimum absolute atomic E-state index is 0.619. The van der Waals surface area contributed by atoms with Gasteiger partial charge < -0.3 is 9.64 Å². The summed E-state index contributed by atoms with van der Waals surface area (Å²) in [5, 5.41) is 0. The van der Waals surface area contributed by atoms with E-state index in [-0.39, 0.29) is 0 Å². The average Bonchev–Trinajstić information content (AvgIpc) is 2.49. The van der Waals surface area contributed by atoms with Crippen molar-refractivity contribution in [2.45, 2.75) is 32.6 Å². The zero-order valence-corrected chi connectivity index (χ0v) is 13.7. The number of ether oxygens (including phenoxy) is 1. The molecule has 1 aromatic carbocycles. The molecule has 0 saturated carbocycles. The van der Waals surface area contributed by atoms with Crippen LogP contribution in [0.3, 0.4) is 0 Å². The zero-order chi connectivity index (χ0) is 13.1. The molecule has 0 saturated heterocycles. The van der Waals surface area contributed by atoms with Gasteiger partial charge in [0, 0.05) is 13.1 Å². The minimum Gasteiger partial charge on any atom is -0.496 e. The summed E-state index contributed by atoms with van der Waals surface area (Å²) < 4.78 is 6.67. The molecule has 100 valence electrons. The van der Waals surface area contributed by atoms with Crippen LogP contribution < -0.4 is 4.74 Å². The van der Waals surface area contributed by atoms with Crippen molar-refractivity contribution in [2.24, 2.45) is 0 Å². The standard InChI is InChI=1S/C15H22INO/c1-4-6-17-7-5-12-8-15(18-3)14(16)9-13(12)11(2)10-17/h8-9,11H,4-7,10H2,1-3H3. The van der Waals surface area contributed by atoms with Crippen molar-refractivity contribution < 1.29 is 4.74 Å². The van der Waals surface area contributed by atoms with Crippen LogP contribution in [0.2, 0.25) is 0 Å².